The third kappa shape index (κ3) is 6.53. The zero-order valence-electron chi connectivity index (χ0n) is 18.4. The van der Waals surface area contributed by atoms with E-state index in [0.29, 0.717) is 31.5 Å². The predicted octanol–water partition coefficient (Wildman–Crippen LogP) is 1.70. The normalized spacial score (nSPS) is 20.0. The number of aromatic nitrogens is 3. The molecule has 0 radical (unpaired) electrons. The van der Waals surface area contributed by atoms with Gasteiger partial charge in [0.25, 0.3) is 0 Å². The number of methoxy groups -OCH3 is 1. The highest BCUT2D eigenvalue weighted by molar-refractivity contribution is 14.0. The van der Waals surface area contributed by atoms with E-state index in [2.05, 4.69) is 34.6 Å². The summed E-state index contributed by atoms with van der Waals surface area (Å²) in [5.74, 6) is 2.90. The van der Waals surface area contributed by atoms with Crippen molar-refractivity contribution in [3.8, 4) is 0 Å². The van der Waals surface area contributed by atoms with Gasteiger partial charge in [0.15, 0.2) is 11.8 Å². The summed E-state index contributed by atoms with van der Waals surface area (Å²) in [4.78, 5) is 23.4. The number of nitrogens with one attached hydrogen (secondary N) is 2. The number of amides is 1. The molecule has 0 bridgehead atoms. The molecule has 3 heterocycles. The van der Waals surface area contributed by atoms with Crippen LogP contribution in [0.1, 0.15) is 57.6 Å². The van der Waals surface area contributed by atoms with Gasteiger partial charge in [0, 0.05) is 51.7 Å². The second-order valence-corrected chi connectivity index (χ2v) is 7.74. The van der Waals surface area contributed by atoms with Gasteiger partial charge in [-0.2, -0.15) is 5.10 Å². The van der Waals surface area contributed by atoms with Crippen LogP contribution in [0.2, 0.25) is 0 Å². The minimum atomic E-state index is 0. The Morgan fingerprint density at radius 2 is 2.20 bits per heavy atom. The molecule has 2 aliphatic rings. The molecule has 1 aromatic heterocycles. The van der Waals surface area contributed by atoms with Crippen LogP contribution in [0.4, 0.5) is 0 Å². The van der Waals surface area contributed by atoms with Crippen LogP contribution in [0.15, 0.2) is 4.99 Å². The summed E-state index contributed by atoms with van der Waals surface area (Å²) in [5, 5.41) is 11.4. The van der Waals surface area contributed by atoms with E-state index in [1.165, 1.54) is 0 Å². The van der Waals surface area contributed by atoms with E-state index >= 15 is 0 Å². The van der Waals surface area contributed by atoms with Crippen LogP contribution in [-0.2, 0) is 29.1 Å². The van der Waals surface area contributed by atoms with Gasteiger partial charge in [0.1, 0.15) is 12.4 Å². The van der Waals surface area contributed by atoms with Gasteiger partial charge < -0.3 is 20.3 Å². The molecule has 1 amide bonds. The maximum absolute atomic E-state index is 12.0. The molecule has 2 unspecified atom stereocenters. The largest absolute Gasteiger partial charge is 0.377 e. The number of halogens is 1. The zero-order chi connectivity index (χ0) is 20.6. The number of ether oxygens (including phenoxy) is 1. The summed E-state index contributed by atoms with van der Waals surface area (Å²) in [6.07, 6.45) is 5.45. The average Bonchev–Trinajstić information content (AvgIpc) is 3.31. The Morgan fingerprint density at radius 3 is 2.87 bits per heavy atom. The number of hydrogen-bond donors (Lipinski definition) is 2. The van der Waals surface area contributed by atoms with Gasteiger partial charge in [0.2, 0.25) is 5.91 Å². The number of guanidine groups is 1. The van der Waals surface area contributed by atoms with Crippen molar-refractivity contribution in [3.05, 3.63) is 11.6 Å². The first-order valence-electron chi connectivity index (χ1n) is 10.9. The molecule has 1 saturated heterocycles. The SMILES string of the molecule is CCNC(=NCCC(CC)N1CCCC1=O)NC1CCc2nc(COC)nn2C1.I. The molecule has 0 saturated carbocycles. The van der Waals surface area contributed by atoms with Crippen LogP contribution < -0.4 is 10.6 Å². The van der Waals surface area contributed by atoms with Crippen molar-refractivity contribution in [1.29, 1.82) is 0 Å². The van der Waals surface area contributed by atoms with Crippen molar-refractivity contribution >= 4 is 35.8 Å². The monoisotopic (exact) mass is 533 g/mol. The van der Waals surface area contributed by atoms with Gasteiger partial charge in [-0.15, -0.1) is 24.0 Å². The third-order valence-corrected chi connectivity index (χ3v) is 5.61. The molecular weight excluding hydrogens is 497 g/mol. The Bertz CT molecular complexity index is 709. The molecule has 2 aliphatic heterocycles. The van der Waals surface area contributed by atoms with E-state index in [1.54, 1.807) is 7.11 Å². The van der Waals surface area contributed by atoms with Crippen molar-refractivity contribution in [2.75, 3.05) is 26.7 Å². The van der Waals surface area contributed by atoms with E-state index < -0.39 is 0 Å². The van der Waals surface area contributed by atoms with Crippen LogP contribution in [-0.4, -0.2) is 70.4 Å². The number of fused-ring (bicyclic) bond motifs is 1. The number of nitrogens with zero attached hydrogens (tertiary/aromatic N) is 5. The van der Waals surface area contributed by atoms with Crippen LogP contribution in [0.3, 0.4) is 0 Å². The average molecular weight is 533 g/mol. The van der Waals surface area contributed by atoms with Crippen molar-refractivity contribution in [2.24, 2.45) is 4.99 Å². The first-order chi connectivity index (χ1) is 14.1. The van der Waals surface area contributed by atoms with Gasteiger partial charge in [-0.3, -0.25) is 9.79 Å². The minimum Gasteiger partial charge on any atom is -0.377 e. The molecule has 1 fully saturated rings. The number of carbonyl (C=O) groups excluding carboxylic acids is 1. The highest BCUT2D eigenvalue weighted by atomic mass is 127. The van der Waals surface area contributed by atoms with E-state index in [4.69, 9.17) is 9.73 Å². The first kappa shape index (κ1) is 24.8. The van der Waals surface area contributed by atoms with Crippen LogP contribution in [0, 0.1) is 0 Å². The second-order valence-electron chi connectivity index (χ2n) is 7.74. The van der Waals surface area contributed by atoms with Crippen molar-refractivity contribution in [2.45, 2.75) is 77.6 Å². The number of aryl methyl sites for hydroxylation is 1. The van der Waals surface area contributed by atoms with Crippen molar-refractivity contribution in [3.63, 3.8) is 0 Å². The number of likely N-dealkylation sites (tertiary alicyclic amines) is 1. The quantitative estimate of drug-likeness (QED) is 0.285. The topological polar surface area (TPSA) is 96.7 Å². The highest BCUT2D eigenvalue weighted by Gasteiger charge is 2.26. The molecule has 3 rings (SSSR count). The minimum absolute atomic E-state index is 0. The number of carbonyl (C=O) groups is 1. The predicted molar refractivity (Wildman–Crippen MR) is 127 cm³/mol. The summed E-state index contributed by atoms with van der Waals surface area (Å²) in [6, 6.07) is 0.558. The van der Waals surface area contributed by atoms with E-state index in [9.17, 15) is 4.79 Å². The number of aliphatic imine (C=N–C) groups is 1. The standard InChI is InChI=1S/C20H35N7O2.HI/c1-4-16(26-12-6-7-19(26)28)10-11-22-20(21-5-2)23-15-8-9-18-24-17(14-29-3)25-27(18)13-15;/h15-16H,4-14H2,1-3H3,(H2,21,22,23);1H. The summed E-state index contributed by atoms with van der Waals surface area (Å²) in [7, 11) is 1.66. The Balaban J connectivity index is 0.00000320. The molecule has 0 aromatic carbocycles. The van der Waals surface area contributed by atoms with E-state index in [-0.39, 0.29) is 30.0 Å². The molecule has 1 aromatic rings. The van der Waals surface area contributed by atoms with Gasteiger partial charge in [-0.25, -0.2) is 9.67 Å². The molecule has 30 heavy (non-hydrogen) atoms. The fraction of sp³-hybridized carbons (Fsp3) is 0.800. The molecule has 9 nitrogen and oxygen atoms in total. The van der Waals surface area contributed by atoms with Gasteiger partial charge in [-0.05, 0) is 32.6 Å². The lowest BCUT2D eigenvalue weighted by Gasteiger charge is -2.27. The molecule has 2 N–H and O–H groups in total. The summed E-state index contributed by atoms with van der Waals surface area (Å²) >= 11 is 0. The summed E-state index contributed by atoms with van der Waals surface area (Å²) in [5.41, 5.74) is 0. The Hall–Kier alpha value is -1.43. The Morgan fingerprint density at radius 1 is 1.37 bits per heavy atom. The fourth-order valence-electron chi connectivity index (χ4n) is 4.14. The number of rotatable bonds is 9. The molecular formula is C20H36IN7O2. The molecule has 170 valence electrons. The lowest BCUT2D eigenvalue weighted by molar-refractivity contribution is -0.129. The molecule has 10 heteroatoms. The van der Waals surface area contributed by atoms with Crippen molar-refractivity contribution < 1.29 is 9.53 Å². The maximum atomic E-state index is 12.0. The third-order valence-electron chi connectivity index (χ3n) is 5.61. The van der Waals surface area contributed by atoms with Crippen LogP contribution >= 0.6 is 24.0 Å². The van der Waals surface area contributed by atoms with Crippen LogP contribution in [0.5, 0.6) is 0 Å². The first-order valence-corrected chi connectivity index (χ1v) is 10.9. The Kier molecular flexibility index (Phi) is 10.3. The number of hydrogen-bond acceptors (Lipinski definition) is 5. The molecule has 2 atom stereocenters. The molecule has 0 aliphatic carbocycles. The lowest BCUT2D eigenvalue weighted by Crippen LogP contribution is -2.47. The maximum Gasteiger partial charge on any atom is 0.222 e. The van der Waals surface area contributed by atoms with Gasteiger partial charge in [0.05, 0.1) is 6.54 Å². The highest BCUT2D eigenvalue weighted by Crippen LogP contribution is 2.18. The Labute approximate surface area is 196 Å². The second kappa shape index (κ2) is 12.4. The summed E-state index contributed by atoms with van der Waals surface area (Å²) in [6.45, 7) is 7.86. The van der Waals surface area contributed by atoms with Crippen LogP contribution in [0.25, 0.3) is 0 Å². The van der Waals surface area contributed by atoms with Gasteiger partial charge >= 0.3 is 0 Å². The van der Waals surface area contributed by atoms with Gasteiger partial charge in [-0.1, -0.05) is 6.92 Å². The summed E-state index contributed by atoms with van der Waals surface area (Å²) < 4.78 is 7.12. The van der Waals surface area contributed by atoms with E-state index in [1.807, 2.05) is 9.58 Å². The fourth-order valence-corrected chi connectivity index (χ4v) is 4.14. The lowest BCUT2D eigenvalue weighted by atomic mass is 10.1. The smallest absolute Gasteiger partial charge is 0.222 e. The zero-order valence-corrected chi connectivity index (χ0v) is 20.7. The molecule has 0 spiro atoms. The van der Waals surface area contributed by atoms with E-state index in [0.717, 1.165) is 69.3 Å². The van der Waals surface area contributed by atoms with Crippen molar-refractivity contribution in [1.82, 2.24) is 30.3 Å².